The predicted octanol–water partition coefficient (Wildman–Crippen LogP) is 3.19. The van der Waals surface area contributed by atoms with Crippen molar-refractivity contribution in [3.8, 4) is 0 Å². The van der Waals surface area contributed by atoms with Crippen molar-refractivity contribution in [2.45, 2.75) is 32.6 Å². The number of nitrogens with zero attached hydrogens (tertiary/aromatic N) is 3. The van der Waals surface area contributed by atoms with E-state index in [1.54, 1.807) is 6.07 Å². The van der Waals surface area contributed by atoms with Gasteiger partial charge in [-0.15, -0.1) is 0 Å². The molecule has 0 saturated carbocycles. The zero-order valence-electron chi connectivity index (χ0n) is 13.9. The third-order valence-electron chi connectivity index (χ3n) is 4.59. The fourth-order valence-electron chi connectivity index (χ4n) is 3.34. The number of aromatic nitrogens is 3. The van der Waals surface area contributed by atoms with Crippen LogP contribution in [-0.4, -0.2) is 39.0 Å². The molecule has 1 unspecified atom stereocenters. The molecule has 1 fully saturated rings. The number of nitrogens with one attached hydrogen (secondary N) is 1. The van der Waals surface area contributed by atoms with E-state index in [2.05, 4.69) is 29.2 Å². The van der Waals surface area contributed by atoms with E-state index in [4.69, 9.17) is 9.51 Å². The van der Waals surface area contributed by atoms with Gasteiger partial charge in [0.15, 0.2) is 0 Å². The summed E-state index contributed by atoms with van der Waals surface area (Å²) in [6, 6.07) is 7.90. The number of H-pyrrole nitrogens is 1. The van der Waals surface area contributed by atoms with Crippen LogP contribution in [0.5, 0.6) is 0 Å². The Kier molecular flexibility index (Phi) is 3.59. The Labute approximate surface area is 139 Å². The number of carbonyl (C=O) groups is 1. The van der Waals surface area contributed by atoms with Gasteiger partial charge in [0.2, 0.25) is 5.76 Å². The lowest BCUT2D eigenvalue weighted by Crippen LogP contribution is -2.39. The Morgan fingerprint density at radius 2 is 2.21 bits per heavy atom. The van der Waals surface area contributed by atoms with Crippen LogP contribution in [0, 0.1) is 13.8 Å². The topological polar surface area (TPSA) is 75.0 Å². The minimum Gasteiger partial charge on any atom is -0.351 e. The maximum absolute atomic E-state index is 12.6. The van der Waals surface area contributed by atoms with Crippen molar-refractivity contribution in [2.75, 3.05) is 13.1 Å². The summed E-state index contributed by atoms with van der Waals surface area (Å²) in [5, 5.41) is 3.81. The van der Waals surface area contributed by atoms with Crippen LogP contribution in [0.25, 0.3) is 11.0 Å². The quantitative estimate of drug-likeness (QED) is 0.785. The van der Waals surface area contributed by atoms with Gasteiger partial charge >= 0.3 is 0 Å². The summed E-state index contributed by atoms with van der Waals surface area (Å²) in [4.78, 5) is 22.6. The molecule has 1 amide bonds. The maximum Gasteiger partial charge on any atom is 0.292 e. The molecular weight excluding hydrogens is 304 g/mol. The van der Waals surface area contributed by atoms with Crippen molar-refractivity contribution in [2.24, 2.45) is 0 Å². The van der Waals surface area contributed by atoms with Crippen molar-refractivity contribution < 1.29 is 9.32 Å². The molecule has 124 valence electrons. The molecule has 1 saturated heterocycles. The van der Waals surface area contributed by atoms with Crippen molar-refractivity contribution in [3.05, 3.63) is 47.1 Å². The summed E-state index contributed by atoms with van der Waals surface area (Å²) in [5.41, 5.74) is 3.96. The summed E-state index contributed by atoms with van der Waals surface area (Å²) in [5.74, 6) is 1.40. The first-order valence-corrected chi connectivity index (χ1v) is 8.29. The number of amides is 1. The maximum atomic E-state index is 12.6. The van der Waals surface area contributed by atoms with Gasteiger partial charge in [-0.1, -0.05) is 11.2 Å². The van der Waals surface area contributed by atoms with Crippen LogP contribution in [0.15, 0.2) is 28.8 Å². The Balaban J connectivity index is 1.56. The first-order valence-electron chi connectivity index (χ1n) is 8.29. The highest BCUT2D eigenvalue weighted by molar-refractivity contribution is 5.91. The molecule has 1 aliphatic heterocycles. The molecule has 1 N–H and O–H groups in total. The molecule has 24 heavy (non-hydrogen) atoms. The largest absolute Gasteiger partial charge is 0.351 e. The Hall–Kier alpha value is -2.63. The molecule has 2 aromatic heterocycles. The average Bonchev–Trinajstić information content (AvgIpc) is 3.20. The SMILES string of the molecule is Cc1ccc2nc(C3CCCN(C(=O)c4cc(C)no4)C3)[nH]c2c1. The number of piperidine rings is 1. The summed E-state index contributed by atoms with van der Waals surface area (Å²) >= 11 is 0. The van der Waals surface area contributed by atoms with Crippen LogP contribution in [0.2, 0.25) is 0 Å². The second-order valence-corrected chi connectivity index (χ2v) is 6.57. The van der Waals surface area contributed by atoms with E-state index in [0.717, 1.165) is 41.9 Å². The number of carbonyl (C=O) groups excluding carboxylic acids is 1. The molecule has 1 atom stereocenters. The summed E-state index contributed by atoms with van der Waals surface area (Å²) in [6.07, 6.45) is 1.98. The highest BCUT2D eigenvalue weighted by Crippen LogP contribution is 2.28. The number of likely N-dealkylation sites (tertiary alicyclic amines) is 1. The molecule has 0 spiro atoms. The zero-order valence-corrected chi connectivity index (χ0v) is 13.9. The van der Waals surface area contributed by atoms with Crippen molar-refractivity contribution in [3.63, 3.8) is 0 Å². The predicted molar refractivity (Wildman–Crippen MR) is 89.9 cm³/mol. The number of rotatable bonds is 2. The molecule has 1 aliphatic rings. The molecule has 0 bridgehead atoms. The molecule has 4 rings (SSSR count). The standard InChI is InChI=1S/C18H20N4O2/c1-11-5-6-14-15(8-11)20-17(19-14)13-4-3-7-22(10-13)18(23)16-9-12(2)21-24-16/h5-6,8-9,13H,3-4,7,10H2,1-2H3,(H,19,20). The summed E-state index contributed by atoms with van der Waals surface area (Å²) in [6.45, 7) is 5.28. The summed E-state index contributed by atoms with van der Waals surface area (Å²) in [7, 11) is 0. The number of aryl methyl sites for hydroxylation is 2. The lowest BCUT2D eigenvalue weighted by Gasteiger charge is -2.31. The van der Waals surface area contributed by atoms with Crippen molar-refractivity contribution in [1.82, 2.24) is 20.0 Å². The zero-order chi connectivity index (χ0) is 16.7. The van der Waals surface area contributed by atoms with Crippen LogP contribution >= 0.6 is 0 Å². The minimum atomic E-state index is -0.0905. The van der Waals surface area contributed by atoms with Crippen LogP contribution in [0.1, 0.15) is 46.4 Å². The van der Waals surface area contributed by atoms with E-state index in [1.807, 2.05) is 17.9 Å². The van der Waals surface area contributed by atoms with E-state index >= 15 is 0 Å². The van der Waals surface area contributed by atoms with Crippen LogP contribution in [-0.2, 0) is 0 Å². The molecule has 1 aromatic carbocycles. The smallest absolute Gasteiger partial charge is 0.292 e. The highest BCUT2D eigenvalue weighted by atomic mass is 16.5. The normalized spacial score (nSPS) is 18.2. The number of hydrogen-bond donors (Lipinski definition) is 1. The monoisotopic (exact) mass is 324 g/mol. The molecule has 6 heteroatoms. The molecule has 6 nitrogen and oxygen atoms in total. The lowest BCUT2D eigenvalue weighted by atomic mass is 9.97. The molecule has 0 aliphatic carbocycles. The second kappa shape index (κ2) is 5.78. The van der Waals surface area contributed by atoms with Gasteiger partial charge in [-0.2, -0.15) is 0 Å². The van der Waals surface area contributed by atoms with Crippen LogP contribution < -0.4 is 0 Å². The average molecular weight is 324 g/mol. The third-order valence-corrected chi connectivity index (χ3v) is 4.59. The Morgan fingerprint density at radius 1 is 1.33 bits per heavy atom. The van der Waals surface area contributed by atoms with Gasteiger partial charge in [-0.25, -0.2) is 4.98 Å². The van der Waals surface area contributed by atoms with Gasteiger partial charge in [0, 0.05) is 25.1 Å². The minimum absolute atomic E-state index is 0.0905. The van der Waals surface area contributed by atoms with E-state index in [-0.39, 0.29) is 11.8 Å². The number of benzene rings is 1. The van der Waals surface area contributed by atoms with Gasteiger partial charge in [-0.05, 0) is 44.4 Å². The fraction of sp³-hybridized carbons (Fsp3) is 0.389. The molecular formula is C18H20N4O2. The van der Waals surface area contributed by atoms with Crippen LogP contribution in [0.3, 0.4) is 0 Å². The van der Waals surface area contributed by atoms with Gasteiger partial charge < -0.3 is 14.4 Å². The lowest BCUT2D eigenvalue weighted by molar-refractivity contribution is 0.0663. The number of imidazole rings is 1. The number of fused-ring (bicyclic) bond motifs is 1. The van der Waals surface area contributed by atoms with Crippen LogP contribution in [0.4, 0.5) is 0 Å². The third kappa shape index (κ3) is 2.68. The number of aromatic amines is 1. The Bertz CT molecular complexity index is 895. The fourth-order valence-corrected chi connectivity index (χ4v) is 3.34. The van der Waals surface area contributed by atoms with Gasteiger partial charge in [0.1, 0.15) is 5.82 Å². The van der Waals surface area contributed by atoms with E-state index in [1.165, 1.54) is 5.56 Å². The molecule has 0 radical (unpaired) electrons. The Morgan fingerprint density at radius 3 is 3.00 bits per heavy atom. The highest BCUT2D eigenvalue weighted by Gasteiger charge is 2.29. The van der Waals surface area contributed by atoms with Crippen molar-refractivity contribution >= 4 is 16.9 Å². The van der Waals surface area contributed by atoms with E-state index in [9.17, 15) is 4.79 Å². The first kappa shape index (κ1) is 14.9. The van der Waals surface area contributed by atoms with E-state index < -0.39 is 0 Å². The van der Waals surface area contributed by atoms with Gasteiger partial charge in [0.05, 0.1) is 16.7 Å². The summed E-state index contributed by atoms with van der Waals surface area (Å²) < 4.78 is 5.12. The van der Waals surface area contributed by atoms with Crippen molar-refractivity contribution in [1.29, 1.82) is 0 Å². The van der Waals surface area contributed by atoms with Gasteiger partial charge in [-0.3, -0.25) is 4.79 Å². The molecule has 3 aromatic rings. The van der Waals surface area contributed by atoms with Gasteiger partial charge in [0.25, 0.3) is 5.91 Å². The molecule has 3 heterocycles. The second-order valence-electron chi connectivity index (χ2n) is 6.57. The number of hydrogen-bond acceptors (Lipinski definition) is 4. The first-order chi connectivity index (χ1) is 11.6. The van der Waals surface area contributed by atoms with E-state index in [0.29, 0.717) is 12.3 Å².